The van der Waals surface area contributed by atoms with Crippen LogP contribution in [-0.4, -0.2) is 30.8 Å². The summed E-state index contributed by atoms with van der Waals surface area (Å²) in [6.07, 6.45) is 3.52. The summed E-state index contributed by atoms with van der Waals surface area (Å²) < 4.78 is 1.12. The predicted molar refractivity (Wildman–Crippen MR) is 92.8 cm³/mol. The van der Waals surface area contributed by atoms with Gasteiger partial charge >= 0.3 is 0 Å². The van der Waals surface area contributed by atoms with E-state index in [4.69, 9.17) is 0 Å². The molecule has 1 fully saturated rings. The van der Waals surface area contributed by atoms with Crippen molar-refractivity contribution in [3.63, 3.8) is 0 Å². The average Bonchev–Trinajstić information content (AvgIpc) is 2.47. The van der Waals surface area contributed by atoms with E-state index in [1.807, 2.05) is 0 Å². The van der Waals surface area contributed by atoms with Gasteiger partial charge in [0.1, 0.15) is 0 Å². The van der Waals surface area contributed by atoms with Gasteiger partial charge in [0.15, 0.2) is 0 Å². The second kappa shape index (κ2) is 8.16. The second-order valence-corrected chi connectivity index (χ2v) is 7.24. The molecule has 1 heterocycles. The van der Waals surface area contributed by atoms with Crippen LogP contribution in [0.1, 0.15) is 38.7 Å². The number of anilines is 1. The number of nitrogens with one attached hydrogen (secondary N) is 1. The summed E-state index contributed by atoms with van der Waals surface area (Å²) in [6, 6.07) is 6.75. The molecule has 0 radical (unpaired) electrons. The Labute approximate surface area is 136 Å². The highest BCUT2D eigenvalue weighted by molar-refractivity contribution is 9.10. The summed E-state index contributed by atoms with van der Waals surface area (Å²) in [4.78, 5) is 2.39. The highest BCUT2D eigenvalue weighted by Gasteiger charge is 2.23. The van der Waals surface area contributed by atoms with Gasteiger partial charge in [0.25, 0.3) is 0 Å². The maximum Gasteiger partial charge on any atom is 0.0635 e. The number of hydrogen-bond donors (Lipinski definition) is 2. The van der Waals surface area contributed by atoms with Crippen molar-refractivity contribution in [3.05, 3.63) is 28.2 Å². The van der Waals surface area contributed by atoms with E-state index >= 15 is 0 Å². The monoisotopic (exact) mass is 354 g/mol. The molecule has 0 spiro atoms. The number of hydrogen-bond acceptors (Lipinski definition) is 3. The van der Waals surface area contributed by atoms with Crippen molar-refractivity contribution >= 4 is 21.6 Å². The largest absolute Gasteiger partial charge is 0.394 e. The van der Waals surface area contributed by atoms with E-state index in [1.165, 1.54) is 24.1 Å². The second-order valence-electron chi connectivity index (χ2n) is 6.32. The zero-order chi connectivity index (χ0) is 15.2. The van der Waals surface area contributed by atoms with Crippen molar-refractivity contribution in [2.45, 2.75) is 45.7 Å². The lowest BCUT2D eigenvalue weighted by Gasteiger charge is -2.38. The lowest BCUT2D eigenvalue weighted by molar-refractivity contribution is 0.240. The maximum atomic E-state index is 9.65. The van der Waals surface area contributed by atoms with Crippen molar-refractivity contribution < 1.29 is 5.11 Å². The van der Waals surface area contributed by atoms with Crippen LogP contribution in [-0.2, 0) is 6.54 Å². The standard InChI is InChI=1S/C17H27BrN2O/c1-13(2)10-19-11-14-9-15(18)6-7-17(14)20-8-4-3-5-16(20)12-21/h6-7,9,13,16,19,21H,3-5,8,10-12H2,1-2H3. The number of aliphatic hydroxyl groups excluding tert-OH is 1. The molecule has 118 valence electrons. The van der Waals surface area contributed by atoms with Crippen molar-refractivity contribution in [2.24, 2.45) is 5.92 Å². The summed E-state index contributed by atoms with van der Waals surface area (Å²) in [5.74, 6) is 0.653. The lowest BCUT2D eigenvalue weighted by Crippen LogP contribution is -2.42. The number of piperidine rings is 1. The normalized spacial score (nSPS) is 19.3. The molecule has 0 aromatic heterocycles. The lowest BCUT2D eigenvalue weighted by atomic mass is 10.00. The molecule has 0 bridgehead atoms. The van der Waals surface area contributed by atoms with E-state index < -0.39 is 0 Å². The molecule has 1 unspecified atom stereocenters. The maximum absolute atomic E-state index is 9.65. The van der Waals surface area contributed by atoms with Gasteiger partial charge in [-0.15, -0.1) is 0 Å². The summed E-state index contributed by atoms with van der Waals surface area (Å²) >= 11 is 3.58. The van der Waals surface area contributed by atoms with Crippen LogP contribution in [0.5, 0.6) is 0 Å². The van der Waals surface area contributed by atoms with Crippen LogP contribution in [0.3, 0.4) is 0 Å². The van der Waals surface area contributed by atoms with Gasteiger partial charge in [0.2, 0.25) is 0 Å². The molecule has 4 heteroatoms. The Bertz CT molecular complexity index is 450. The molecule has 1 aliphatic heterocycles. The van der Waals surface area contributed by atoms with Crippen LogP contribution >= 0.6 is 15.9 Å². The summed E-state index contributed by atoms with van der Waals surface area (Å²) in [6.45, 7) is 7.64. The summed E-state index contributed by atoms with van der Waals surface area (Å²) in [7, 11) is 0. The Morgan fingerprint density at radius 1 is 1.38 bits per heavy atom. The zero-order valence-corrected chi connectivity index (χ0v) is 14.7. The number of nitrogens with zero attached hydrogens (tertiary/aromatic N) is 1. The third-order valence-corrected chi connectivity index (χ3v) is 4.55. The number of benzene rings is 1. The smallest absolute Gasteiger partial charge is 0.0635 e. The first-order valence-electron chi connectivity index (χ1n) is 7.98. The van der Waals surface area contributed by atoms with Crippen LogP contribution in [0.25, 0.3) is 0 Å². The Balaban J connectivity index is 2.16. The topological polar surface area (TPSA) is 35.5 Å². The minimum Gasteiger partial charge on any atom is -0.394 e. The molecule has 1 atom stereocenters. The molecule has 1 aromatic carbocycles. The fraction of sp³-hybridized carbons (Fsp3) is 0.647. The fourth-order valence-corrected chi connectivity index (χ4v) is 3.39. The van der Waals surface area contributed by atoms with E-state index in [0.717, 1.165) is 30.5 Å². The molecule has 2 N–H and O–H groups in total. The van der Waals surface area contributed by atoms with Gasteiger partial charge in [0, 0.05) is 23.2 Å². The quantitative estimate of drug-likeness (QED) is 0.819. The first-order valence-corrected chi connectivity index (χ1v) is 8.77. The Hall–Kier alpha value is -0.580. The third-order valence-electron chi connectivity index (χ3n) is 4.06. The number of aliphatic hydroxyl groups is 1. The summed E-state index contributed by atoms with van der Waals surface area (Å²) in [5, 5.41) is 13.2. The van der Waals surface area contributed by atoms with Crippen molar-refractivity contribution in [1.29, 1.82) is 0 Å². The SMILES string of the molecule is CC(C)CNCc1cc(Br)ccc1N1CCCCC1CO. The average molecular weight is 355 g/mol. The Morgan fingerprint density at radius 2 is 2.19 bits per heavy atom. The highest BCUT2D eigenvalue weighted by atomic mass is 79.9. The van der Waals surface area contributed by atoms with Crippen molar-refractivity contribution in [2.75, 3.05) is 24.6 Å². The van der Waals surface area contributed by atoms with Crippen LogP contribution in [0.2, 0.25) is 0 Å². The van der Waals surface area contributed by atoms with E-state index in [-0.39, 0.29) is 12.6 Å². The minimum absolute atomic E-state index is 0.245. The predicted octanol–water partition coefficient (Wildman–Crippen LogP) is 3.55. The Kier molecular flexibility index (Phi) is 6.52. The fourth-order valence-electron chi connectivity index (χ4n) is 2.98. The third kappa shape index (κ3) is 4.70. The van der Waals surface area contributed by atoms with Gasteiger partial charge in [-0.1, -0.05) is 29.8 Å². The van der Waals surface area contributed by atoms with Gasteiger partial charge in [-0.05, 0) is 55.5 Å². The molecular weight excluding hydrogens is 328 g/mol. The van der Waals surface area contributed by atoms with Crippen LogP contribution in [0.4, 0.5) is 5.69 Å². The molecule has 1 saturated heterocycles. The van der Waals surface area contributed by atoms with Crippen molar-refractivity contribution in [1.82, 2.24) is 5.32 Å². The molecule has 3 nitrogen and oxygen atoms in total. The molecular formula is C17H27BrN2O. The van der Waals surface area contributed by atoms with Crippen LogP contribution in [0, 0.1) is 5.92 Å². The molecule has 0 aliphatic carbocycles. The first kappa shape index (κ1) is 16.8. The van der Waals surface area contributed by atoms with Gasteiger partial charge < -0.3 is 15.3 Å². The molecule has 21 heavy (non-hydrogen) atoms. The van der Waals surface area contributed by atoms with E-state index in [0.29, 0.717) is 5.92 Å². The van der Waals surface area contributed by atoms with Crippen LogP contribution < -0.4 is 10.2 Å². The van der Waals surface area contributed by atoms with E-state index in [9.17, 15) is 5.11 Å². The molecule has 0 saturated carbocycles. The number of rotatable bonds is 6. The molecule has 1 aromatic rings. The minimum atomic E-state index is 0.245. The molecule has 1 aliphatic rings. The number of halogens is 1. The molecule has 2 rings (SSSR count). The molecule has 0 amide bonds. The van der Waals surface area contributed by atoms with Gasteiger partial charge in [-0.25, -0.2) is 0 Å². The van der Waals surface area contributed by atoms with Crippen LogP contribution in [0.15, 0.2) is 22.7 Å². The highest BCUT2D eigenvalue weighted by Crippen LogP contribution is 2.30. The Morgan fingerprint density at radius 3 is 2.90 bits per heavy atom. The zero-order valence-electron chi connectivity index (χ0n) is 13.1. The van der Waals surface area contributed by atoms with Gasteiger partial charge in [0.05, 0.1) is 12.6 Å². The van der Waals surface area contributed by atoms with Crippen molar-refractivity contribution in [3.8, 4) is 0 Å². The van der Waals surface area contributed by atoms with Gasteiger partial charge in [-0.3, -0.25) is 0 Å². The first-order chi connectivity index (χ1) is 10.1. The van der Waals surface area contributed by atoms with E-state index in [1.54, 1.807) is 0 Å². The van der Waals surface area contributed by atoms with Gasteiger partial charge in [-0.2, -0.15) is 0 Å². The summed E-state index contributed by atoms with van der Waals surface area (Å²) in [5.41, 5.74) is 2.58. The van der Waals surface area contributed by atoms with E-state index in [2.05, 4.69) is 58.2 Å².